The number of aromatic nitrogens is 2. The lowest BCUT2D eigenvalue weighted by atomic mass is 9.87. The molecule has 1 heterocycles. The maximum atomic E-state index is 11.1. The Balaban J connectivity index is 3.21. The maximum Gasteiger partial charge on any atom is 0.0160 e. The Morgan fingerprint density at radius 3 is 2.09 bits per heavy atom. The first kappa shape index (κ1) is 8.11. The molecule has 0 aliphatic carbocycles. The normalized spacial score (nSPS) is 12.0. The summed E-state index contributed by atoms with van der Waals surface area (Å²) in [5.74, 6) is -0.185. The van der Waals surface area contributed by atoms with Crippen molar-refractivity contribution in [1.82, 2.24) is 10.2 Å². The first-order valence-corrected chi connectivity index (χ1v) is 3.60. The van der Waals surface area contributed by atoms with Crippen LogP contribution in [0.15, 0.2) is 0 Å². The number of aryl methyl sites for hydroxylation is 1. The Kier molecular flexibility index (Phi) is 1.66. The Hall–Kier alpha value is -0.990. The average molecular weight is 152 g/mol. The van der Waals surface area contributed by atoms with E-state index in [0.717, 1.165) is 11.3 Å². The van der Waals surface area contributed by atoms with Crippen LogP contribution < -0.4 is 10.2 Å². The minimum Gasteiger partial charge on any atom is -0.888 e. The van der Waals surface area contributed by atoms with Crippen molar-refractivity contribution in [2.24, 2.45) is 0 Å². The topological polar surface area (TPSA) is 50.0 Å². The van der Waals surface area contributed by atoms with E-state index < -0.39 is 0 Å². The van der Waals surface area contributed by atoms with Gasteiger partial charge in [0.05, 0.1) is 0 Å². The summed E-state index contributed by atoms with van der Waals surface area (Å²) in [6.45, 7) is 7.77. The predicted octanol–water partition coefficient (Wildman–Crippen LogP) is 0.718. The highest BCUT2D eigenvalue weighted by atomic mass is 16.3. The fourth-order valence-corrected chi connectivity index (χ4v) is 1.24. The van der Waals surface area contributed by atoms with Crippen LogP contribution in [0.2, 0.25) is 0 Å². The minimum absolute atomic E-state index is 0.134. The lowest BCUT2D eigenvalue weighted by molar-refractivity contribution is -0.277. The monoisotopic (exact) mass is 152 g/mol. The molecular formula is C8H12N2O-2. The summed E-state index contributed by atoms with van der Waals surface area (Å²) in [5, 5.41) is 18.3. The van der Waals surface area contributed by atoms with Gasteiger partial charge in [0, 0.05) is 5.69 Å². The highest BCUT2D eigenvalue weighted by molar-refractivity contribution is 5.33. The SMILES string of the molecule is Cc1n[n-]c([O-])c1C(C)(C)C. The van der Waals surface area contributed by atoms with E-state index in [1.807, 2.05) is 27.7 Å². The van der Waals surface area contributed by atoms with Crippen LogP contribution in [-0.4, -0.2) is 5.10 Å². The van der Waals surface area contributed by atoms with Gasteiger partial charge in [0.25, 0.3) is 0 Å². The highest BCUT2D eigenvalue weighted by Crippen LogP contribution is 2.28. The smallest absolute Gasteiger partial charge is 0.0160 e. The van der Waals surface area contributed by atoms with Crippen LogP contribution in [0, 0.1) is 6.92 Å². The third-order valence-corrected chi connectivity index (χ3v) is 1.62. The van der Waals surface area contributed by atoms with E-state index >= 15 is 0 Å². The Bertz CT molecular complexity index is 238. The Labute approximate surface area is 66.4 Å². The van der Waals surface area contributed by atoms with Crippen LogP contribution in [0.3, 0.4) is 0 Å². The minimum atomic E-state index is -0.185. The van der Waals surface area contributed by atoms with Crippen molar-refractivity contribution in [3.8, 4) is 5.88 Å². The highest BCUT2D eigenvalue weighted by Gasteiger charge is 2.14. The molecule has 0 amide bonds. The summed E-state index contributed by atoms with van der Waals surface area (Å²) < 4.78 is 0. The molecule has 0 bridgehead atoms. The van der Waals surface area contributed by atoms with Gasteiger partial charge >= 0.3 is 0 Å². The molecule has 11 heavy (non-hydrogen) atoms. The molecule has 1 rings (SSSR count). The number of nitrogens with zero attached hydrogens (tertiary/aromatic N) is 2. The third-order valence-electron chi connectivity index (χ3n) is 1.62. The second kappa shape index (κ2) is 2.26. The van der Waals surface area contributed by atoms with Gasteiger partial charge in [-0.2, -0.15) is 0 Å². The first-order valence-electron chi connectivity index (χ1n) is 3.60. The summed E-state index contributed by atoms with van der Waals surface area (Å²) >= 11 is 0. The predicted molar refractivity (Wildman–Crippen MR) is 40.4 cm³/mol. The molecule has 0 aromatic carbocycles. The van der Waals surface area contributed by atoms with Crippen molar-refractivity contribution < 1.29 is 5.11 Å². The standard InChI is InChI=1S/C8H13N2O/c1-5-6(8(2,3)4)7(11)10-9-5/h1-4H3,(H-,9,10,11)/q-1/p-1. The molecule has 0 atom stereocenters. The first-order chi connectivity index (χ1) is 4.93. The van der Waals surface area contributed by atoms with E-state index in [4.69, 9.17) is 0 Å². The molecule has 3 heteroatoms. The van der Waals surface area contributed by atoms with Crippen molar-refractivity contribution in [3.63, 3.8) is 0 Å². The van der Waals surface area contributed by atoms with Crippen LogP contribution in [0.4, 0.5) is 0 Å². The molecule has 0 unspecified atom stereocenters. The molecule has 0 N–H and O–H groups in total. The molecule has 0 spiro atoms. The zero-order valence-corrected chi connectivity index (χ0v) is 7.30. The molecule has 1 aromatic heterocycles. The molecule has 0 radical (unpaired) electrons. The van der Waals surface area contributed by atoms with Crippen LogP contribution in [0.5, 0.6) is 5.88 Å². The fourth-order valence-electron chi connectivity index (χ4n) is 1.24. The summed E-state index contributed by atoms with van der Waals surface area (Å²) in [7, 11) is 0. The van der Waals surface area contributed by atoms with Gasteiger partial charge in [-0.1, -0.05) is 26.3 Å². The van der Waals surface area contributed by atoms with E-state index in [1.165, 1.54) is 0 Å². The van der Waals surface area contributed by atoms with Crippen molar-refractivity contribution in [2.45, 2.75) is 33.1 Å². The van der Waals surface area contributed by atoms with Gasteiger partial charge < -0.3 is 15.3 Å². The molecule has 0 aliphatic heterocycles. The van der Waals surface area contributed by atoms with E-state index in [2.05, 4.69) is 10.2 Å². The van der Waals surface area contributed by atoms with Crippen LogP contribution in [0.1, 0.15) is 32.0 Å². The van der Waals surface area contributed by atoms with Gasteiger partial charge in [0.15, 0.2) is 0 Å². The molecule has 3 nitrogen and oxygen atoms in total. The number of rotatable bonds is 0. The van der Waals surface area contributed by atoms with Crippen LogP contribution in [-0.2, 0) is 5.41 Å². The van der Waals surface area contributed by atoms with E-state index in [-0.39, 0.29) is 11.3 Å². The molecular weight excluding hydrogens is 140 g/mol. The quantitative estimate of drug-likeness (QED) is 0.550. The second-order valence-electron chi connectivity index (χ2n) is 3.72. The van der Waals surface area contributed by atoms with Gasteiger partial charge in [-0.3, -0.25) is 0 Å². The van der Waals surface area contributed by atoms with Gasteiger partial charge in [-0.05, 0) is 12.3 Å². The fraction of sp³-hybridized carbons (Fsp3) is 0.625. The molecule has 0 aliphatic rings. The van der Waals surface area contributed by atoms with Crippen molar-refractivity contribution in [1.29, 1.82) is 0 Å². The molecule has 1 aromatic rings. The summed E-state index contributed by atoms with van der Waals surface area (Å²) in [6.07, 6.45) is 0. The van der Waals surface area contributed by atoms with Gasteiger partial charge in [-0.25, -0.2) is 5.88 Å². The zero-order chi connectivity index (χ0) is 8.65. The third kappa shape index (κ3) is 1.37. The summed E-state index contributed by atoms with van der Waals surface area (Å²) in [5.41, 5.74) is 1.35. The van der Waals surface area contributed by atoms with Crippen molar-refractivity contribution in [2.75, 3.05) is 0 Å². The van der Waals surface area contributed by atoms with Gasteiger partial charge in [0.2, 0.25) is 0 Å². The largest absolute Gasteiger partial charge is 0.888 e. The molecule has 0 fully saturated rings. The number of hydrogen-bond acceptors (Lipinski definition) is 2. The van der Waals surface area contributed by atoms with Crippen LogP contribution in [0.25, 0.3) is 0 Å². The average Bonchev–Trinajstić information content (AvgIpc) is 2.08. The lowest BCUT2D eigenvalue weighted by Crippen LogP contribution is -2.14. The molecule has 0 saturated heterocycles. The lowest BCUT2D eigenvalue weighted by Gasteiger charge is -2.26. The van der Waals surface area contributed by atoms with E-state index in [1.54, 1.807) is 0 Å². The Morgan fingerprint density at radius 2 is 1.91 bits per heavy atom. The van der Waals surface area contributed by atoms with Gasteiger partial charge in [-0.15, -0.1) is 0 Å². The van der Waals surface area contributed by atoms with Gasteiger partial charge in [0.1, 0.15) is 0 Å². The molecule has 62 valence electrons. The van der Waals surface area contributed by atoms with Crippen LogP contribution >= 0.6 is 0 Å². The second-order valence-corrected chi connectivity index (χ2v) is 3.72. The van der Waals surface area contributed by atoms with E-state index in [0.29, 0.717) is 0 Å². The molecule has 0 saturated carbocycles. The van der Waals surface area contributed by atoms with Crippen molar-refractivity contribution >= 4 is 0 Å². The maximum absolute atomic E-state index is 11.1. The number of hydrogen-bond donors (Lipinski definition) is 0. The van der Waals surface area contributed by atoms with E-state index in [9.17, 15) is 5.11 Å². The Morgan fingerprint density at radius 1 is 1.36 bits per heavy atom. The summed E-state index contributed by atoms with van der Waals surface area (Å²) in [6, 6.07) is 0. The zero-order valence-electron chi connectivity index (χ0n) is 7.30. The summed E-state index contributed by atoms with van der Waals surface area (Å²) in [4.78, 5) is 0. The van der Waals surface area contributed by atoms with Crippen molar-refractivity contribution in [3.05, 3.63) is 11.3 Å².